The summed E-state index contributed by atoms with van der Waals surface area (Å²) in [5.74, 6) is 0.528. The molecule has 0 bridgehead atoms. The van der Waals surface area contributed by atoms with Gasteiger partial charge in [-0.2, -0.15) is 0 Å². The Hall–Kier alpha value is -0.820. The molecule has 1 nitrogen and oxygen atoms in total. The van der Waals surface area contributed by atoms with E-state index in [4.69, 9.17) is 11.6 Å². The molecule has 0 aliphatic carbocycles. The molecule has 0 aliphatic rings. The summed E-state index contributed by atoms with van der Waals surface area (Å²) >= 11 is 6.03. The van der Waals surface area contributed by atoms with E-state index in [2.05, 4.69) is 13.0 Å². The van der Waals surface area contributed by atoms with Crippen molar-refractivity contribution in [2.45, 2.75) is 46.5 Å². The molecule has 1 aromatic rings. The molecule has 1 rings (SSSR count). The van der Waals surface area contributed by atoms with Gasteiger partial charge in [-0.05, 0) is 49.4 Å². The van der Waals surface area contributed by atoms with Crippen molar-refractivity contribution in [1.82, 2.24) is 0 Å². The standard InChI is InChI=1S/C15H21ClO/c1-4-6-15(17)13(5-2)9-12-7-11(3)8-14(16)10-12/h7-8,10,13H,4-6,9H2,1-3H3. The Morgan fingerprint density at radius 3 is 2.53 bits per heavy atom. The van der Waals surface area contributed by atoms with Crippen LogP contribution in [0.5, 0.6) is 0 Å². The van der Waals surface area contributed by atoms with Gasteiger partial charge in [-0.1, -0.05) is 31.5 Å². The van der Waals surface area contributed by atoms with Crippen LogP contribution in [0.15, 0.2) is 18.2 Å². The number of benzene rings is 1. The van der Waals surface area contributed by atoms with Gasteiger partial charge in [-0.25, -0.2) is 0 Å². The second kappa shape index (κ2) is 6.80. The number of aryl methyl sites for hydroxylation is 1. The van der Waals surface area contributed by atoms with Crippen LogP contribution in [0.4, 0.5) is 0 Å². The molecule has 0 heterocycles. The lowest BCUT2D eigenvalue weighted by Crippen LogP contribution is -2.16. The second-order valence-corrected chi connectivity index (χ2v) is 5.10. The number of halogens is 1. The zero-order chi connectivity index (χ0) is 12.8. The summed E-state index contributed by atoms with van der Waals surface area (Å²) in [6.07, 6.45) is 3.35. The van der Waals surface area contributed by atoms with Crippen LogP contribution in [0.3, 0.4) is 0 Å². The molecular formula is C15H21ClO. The number of hydrogen-bond donors (Lipinski definition) is 0. The molecule has 1 unspecified atom stereocenters. The van der Waals surface area contributed by atoms with Crippen molar-refractivity contribution >= 4 is 17.4 Å². The molecule has 0 aliphatic heterocycles. The predicted molar refractivity (Wildman–Crippen MR) is 73.6 cm³/mol. The van der Waals surface area contributed by atoms with Gasteiger partial charge in [0.2, 0.25) is 0 Å². The molecular weight excluding hydrogens is 232 g/mol. The summed E-state index contributed by atoms with van der Waals surface area (Å²) in [7, 11) is 0. The first-order valence-corrected chi connectivity index (χ1v) is 6.73. The molecule has 2 heteroatoms. The van der Waals surface area contributed by atoms with Gasteiger partial charge < -0.3 is 0 Å². The van der Waals surface area contributed by atoms with Crippen LogP contribution in [0, 0.1) is 12.8 Å². The van der Waals surface area contributed by atoms with E-state index in [1.807, 2.05) is 26.0 Å². The van der Waals surface area contributed by atoms with E-state index >= 15 is 0 Å². The molecule has 94 valence electrons. The normalized spacial score (nSPS) is 12.5. The lowest BCUT2D eigenvalue weighted by molar-refractivity contribution is -0.123. The zero-order valence-electron chi connectivity index (χ0n) is 10.9. The maximum Gasteiger partial charge on any atom is 0.136 e. The summed E-state index contributed by atoms with van der Waals surface area (Å²) in [5.41, 5.74) is 2.33. The van der Waals surface area contributed by atoms with Crippen LogP contribution in [0.1, 0.15) is 44.2 Å². The maximum absolute atomic E-state index is 11.9. The van der Waals surface area contributed by atoms with E-state index in [1.54, 1.807) is 0 Å². The molecule has 0 N–H and O–H groups in total. The molecule has 0 saturated heterocycles. The average molecular weight is 253 g/mol. The van der Waals surface area contributed by atoms with Gasteiger partial charge in [0.1, 0.15) is 5.78 Å². The van der Waals surface area contributed by atoms with Crippen LogP contribution >= 0.6 is 11.6 Å². The van der Waals surface area contributed by atoms with Crippen molar-refractivity contribution in [2.75, 3.05) is 0 Å². The van der Waals surface area contributed by atoms with E-state index in [0.717, 1.165) is 29.8 Å². The average Bonchev–Trinajstić information content (AvgIpc) is 2.24. The monoisotopic (exact) mass is 252 g/mol. The SMILES string of the molecule is CCCC(=O)C(CC)Cc1cc(C)cc(Cl)c1. The number of hydrogen-bond acceptors (Lipinski definition) is 1. The fraction of sp³-hybridized carbons (Fsp3) is 0.533. The highest BCUT2D eigenvalue weighted by molar-refractivity contribution is 6.30. The fourth-order valence-corrected chi connectivity index (χ4v) is 2.46. The van der Waals surface area contributed by atoms with Gasteiger partial charge in [0.05, 0.1) is 0 Å². The molecule has 0 amide bonds. The first kappa shape index (κ1) is 14.2. The van der Waals surface area contributed by atoms with Crippen LogP contribution in [0.2, 0.25) is 5.02 Å². The Labute approximate surface area is 109 Å². The van der Waals surface area contributed by atoms with Crippen molar-refractivity contribution in [3.05, 3.63) is 34.3 Å². The van der Waals surface area contributed by atoms with E-state index in [1.165, 1.54) is 5.56 Å². The highest BCUT2D eigenvalue weighted by atomic mass is 35.5. The second-order valence-electron chi connectivity index (χ2n) is 4.66. The van der Waals surface area contributed by atoms with Gasteiger partial charge in [0.25, 0.3) is 0 Å². The Morgan fingerprint density at radius 2 is 2.00 bits per heavy atom. The van der Waals surface area contributed by atoms with Crippen molar-refractivity contribution < 1.29 is 4.79 Å². The lowest BCUT2D eigenvalue weighted by Gasteiger charge is -2.14. The van der Waals surface area contributed by atoms with Gasteiger partial charge >= 0.3 is 0 Å². The third kappa shape index (κ3) is 4.51. The molecule has 0 radical (unpaired) electrons. The number of Topliss-reactive ketones (excluding diaryl/α,β-unsaturated/α-hetero) is 1. The Kier molecular flexibility index (Phi) is 5.70. The van der Waals surface area contributed by atoms with E-state index in [9.17, 15) is 4.79 Å². The Bertz CT molecular complexity index is 364. The van der Waals surface area contributed by atoms with Crippen LogP contribution in [-0.4, -0.2) is 5.78 Å². The summed E-state index contributed by atoms with van der Waals surface area (Å²) in [4.78, 5) is 11.9. The highest BCUT2D eigenvalue weighted by Crippen LogP contribution is 2.20. The summed E-state index contributed by atoms with van der Waals surface area (Å²) in [5, 5.41) is 0.762. The van der Waals surface area contributed by atoms with Gasteiger partial charge in [-0.3, -0.25) is 4.79 Å². The first-order valence-electron chi connectivity index (χ1n) is 6.35. The van der Waals surface area contributed by atoms with Gasteiger partial charge in [0, 0.05) is 17.4 Å². The zero-order valence-corrected chi connectivity index (χ0v) is 11.7. The van der Waals surface area contributed by atoms with Crippen LogP contribution in [-0.2, 0) is 11.2 Å². The quantitative estimate of drug-likeness (QED) is 0.724. The predicted octanol–water partition coefficient (Wildman–Crippen LogP) is 4.59. The number of carbonyl (C=O) groups excluding carboxylic acids is 1. The van der Waals surface area contributed by atoms with Crippen molar-refractivity contribution in [3.63, 3.8) is 0 Å². The van der Waals surface area contributed by atoms with Crippen molar-refractivity contribution in [3.8, 4) is 0 Å². The largest absolute Gasteiger partial charge is 0.299 e. The molecule has 0 spiro atoms. The summed E-state index contributed by atoms with van der Waals surface area (Å²) in [6.45, 7) is 6.16. The molecule has 1 aromatic carbocycles. The van der Waals surface area contributed by atoms with Gasteiger partial charge in [-0.15, -0.1) is 0 Å². The number of carbonyl (C=O) groups is 1. The third-order valence-electron chi connectivity index (χ3n) is 3.03. The third-order valence-corrected chi connectivity index (χ3v) is 3.25. The number of ketones is 1. The van der Waals surface area contributed by atoms with E-state index < -0.39 is 0 Å². The van der Waals surface area contributed by atoms with E-state index in [-0.39, 0.29) is 5.92 Å². The minimum absolute atomic E-state index is 0.146. The summed E-state index contributed by atoms with van der Waals surface area (Å²) < 4.78 is 0. The smallest absolute Gasteiger partial charge is 0.136 e. The molecule has 1 atom stereocenters. The maximum atomic E-state index is 11.9. The molecule has 0 fully saturated rings. The molecule has 0 saturated carbocycles. The summed E-state index contributed by atoms with van der Waals surface area (Å²) in [6, 6.07) is 6.03. The first-order chi connectivity index (χ1) is 8.06. The molecule has 17 heavy (non-hydrogen) atoms. The van der Waals surface area contributed by atoms with Crippen molar-refractivity contribution in [2.24, 2.45) is 5.92 Å². The van der Waals surface area contributed by atoms with Crippen LogP contribution < -0.4 is 0 Å². The van der Waals surface area contributed by atoms with E-state index in [0.29, 0.717) is 12.2 Å². The molecule has 0 aromatic heterocycles. The van der Waals surface area contributed by atoms with Crippen LogP contribution in [0.25, 0.3) is 0 Å². The minimum atomic E-state index is 0.146. The Balaban J connectivity index is 2.76. The minimum Gasteiger partial charge on any atom is -0.299 e. The highest BCUT2D eigenvalue weighted by Gasteiger charge is 2.16. The van der Waals surface area contributed by atoms with Crippen molar-refractivity contribution in [1.29, 1.82) is 0 Å². The van der Waals surface area contributed by atoms with Gasteiger partial charge in [0.15, 0.2) is 0 Å². The number of rotatable bonds is 6. The fourth-order valence-electron chi connectivity index (χ4n) is 2.15. The Morgan fingerprint density at radius 1 is 1.29 bits per heavy atom. The lowest BCUT2D eigenvalue weighted by atomic mass is 9.90. The topological polar surface area (TPSA) is 17.1 Å².